The maximum atomic E-state index is 11.6. The highest BCUT2D eigenvalue weighted by atomic mass is 79.9. The molecular formula is C11H14BrNO2S. The van der Waals surface area contributed by atoms with Gasteiger partial charge in [-0.25, -0.2) is 0 Å². The van der Waals surface area contributed by atoms with Gasteiger partial charge in [-0.1, -0.05) is 0 Å². The van der Waals surface area contributed by atoms with Crippen molar-refractivity contribution in [2.45, 2.75) is 6.42 Å². The second-order valence-electron chi connectivity index (χ2n) is 3.25. The lowest BCUT2D eigenvalue weighted by Crippen LogP contribution is -2.26. The Bertz CT molecular complexity index is 384. The van der Waals surface area contributed by atoms with Crippen molar-refractivity contribution in [3.8, 4) is 5.75 Å². The van der Waals surface area contributed by atoms with Crippen LogP contribution in [-0.2, 0) is 4.79 Å². The highest BCUT2D eigenvalue weighted by Gasteiger charge is 2.11. The Kier molecular flexibility index (Phi) is 5.15. The van der Waals surface area contributed by atoms with Crippen molar-refractivity contribution in [1.82, 2.24) is 0 Å². The van der Waals surface area contributed by atoms with Crippen molar-refractivity contribution in [3.05, 3.63) is 22.7 Å². The van der Waals surface area contributed by atoms with Gasteiger partial charge >= 0.3 is 0 Å². The van der Waals surface area contributed by atoms with E-state index in [0.29, 0.717) is 12.2 Å². The quantitative estimate of drug-likeness (QED) is 0.867. The SMILES string of the molecule is COc1ccc(N(C)C(=O)CCS)cc1Br. The molecule has 1 amide bonds. The van der Waals surface area contributed by atoms with E-state index in [1.807, 2.05) is 18.2 Å². The van der Waals surface area contributed by atoms with Gasteiger partial charge in [0.15, 0.2) is 0 Å². The molecule has 0 aromatic heterocycles. The number of methoxy groups -OCH3 is 1. The number of carbonyl (C=O) groups excluding carboxylic acids is 1. The molecule has 1 rings (SSSR count). The normalized spacial score (nSPS) is 10.0. The largest absolute Gasteiger partial charge is 0.496 e. The first kappa shape index (κ1) is 13.4. The van der Waals surface area contributed by atoms with E-state index in [9.17, 15) is 4.79 Å². The highest BCUT2D eigenvalue weighted by molar-refractivity contribution is 9.10. The summed E-state index contributed by atoms with van der Waals surface area (Å²) in [5.41, 5.74) is 0.833. The third-order valence-electron chi connectivity index (χ3n) is 2.22. The Morgan fingerprint density at radius 1 is 1.56 bits per heavy atom. The first-order valence-electron chi connectivity index (χ1n) is 4.81. The van der Waals surface area contributed by atoms with Crippen molar-refractivity contribution in [3.63, 3.8) is 0 Å². The van der Waals surface area contributed by atoms with Crippen molar-refractivity contribution in [1.29, 1.82) is 0 Å². The second kappa shape index (κ2) is 6.15. The fourth-order valence-electron chi connectivity index (χ4n) is 1.27. The van der Waals surface area contributed by atoms with E-state index < -0.39 is 0 Å². The minimum Gasteiger partial charge on any atom is -0.496 e. The fraction of sp³-hybridized carbons (Fsp3) is 0.364. The molecule has 5 heteroatoms. The molecule has 0 unspecified atom stereocenters. The molecule has 3 nitrogen and oxygen atoms in total. The van der Waals surface area contributed by atoms with Crippen molar-refractivity contribution < 1.29 is 9.53 Å². The van der Waals surface area contributed by atoms with Crippen LogP contribution in [0.1, 0.15) is 6.42 Å². The summed E-state index contributed by atoms with van der Waals surface area (Å²) in [6.45, 7) is 0. The number of benzene rings is 1. The van der Waals surface area contributed by atoms with Crippen LogP contribution < -0.4 is 9.64 Å². The third kappa shape index (κ3) is 3.15. The molecule has 0 aliphatic heterocycles. The molecule has 0 fully saturated rings. The summed E-state index contributed by atoms with van der Waals surface area (Å²) in [7, 11) is 3.36. The summed E-state index contributed by atoms with van der Waals surface area (Å²) in [6.07, 6.45) is 0.434. The first-order chi connectivity index (χ1) is 7.60. The molecular weight excluding hydrogens is 290 g/mol. The minimum absolute atomic E-state index is 0.0482. The van der Waals surface area contributed by atoms with E-state index in [-0.39, 0.29) is 5.91 Å². The molecule has 16 heavy (non-hydrogen) atoms. The van der Waals surface area contributed by atoms with Gasteiger partial charge in [0.25, 0.3) is 0 Å². The number of anilines is 1. The smallest absolute Gasteiger partial charge is 0.227 e. The summed E-state index contributed by atoms with van der Waals surface area (Å²) in [5, 5.41) is 0. The maximum Gasteiger partial charge on any atom is 0.227 e. The van der Waals surface area contributed by atoms with Gasteiger partial charge < -0.3 is 9.64 Å². The zero-order valence-electron chi connectivity index (χ0n) is 9.24. The monoisotopic (exact) mass is 303 g/mol. The Labute approximate surface area is 109 Å². The second-order valence-corrected chi connectivity index (χ2v) is 4.55. The Morgan fingerprint density at radius 3 is 2.75 bits per heavy atom. The van der Waals surface area contributed by atoms with E-state index in [0.717, 1.165) is 15.9 Å². The number of rotatable bonds is 4. The molecule has 0 saturated heterocycles. The lowest BCUT2D eigenvalue weighted by Gasteiger charge is -2.17. The first-order valence-corrected chi connectivity index (χ1v) is 6.23. The van der Waals surface area contributed by atoms with Crippen molar-refractivity contribution >= 4 is 40.2 Å². The summed E-state index contributed by atoms with van der Waals surface area (Å²) in [5.74, 6) is 1.35. The highest BCUT2D eigenvalue weighted by Crippen LogP contribution is 2.29. The summed E-state index contributed by atoms with van der Waals surface area (Å²) in [6, 6.07) is 5.53. The van der Waals surface area contributed by atoms with Gasteiger partial charge in [-0.05, 0) is 39.9 Å². The molecule has 0 heterocycles. The average Bonchev–Trinajstić information content (AvgIpc) is 2.28. The van der Waals surface area contributed by atoms with Gasteiger partial charge in [0.05, 0.1) is 11.6 Å². The standard InChI is InChI=1S/C11H14BrNO2S/c1-13(11(14)5-6-16)8-3-4-10(15-2)9(12)7-8/h3-4,7,16H,5-6H2,1-2H3. The van der Waals surface area contributed by atoms with Crippen LogP contribution in [0.3, 0.4) is 0 Å². The van der Waals surface area contributed by atoms with E-state index in [4.69, 9.17) is 4.74 Å². The molecule has 1 aromatic carbocycles. The maximum absolute atomic E-state index is 11.6. The zero-order chi connectivity index (χ0) is 12.1. The molecule has 0 aliphatic rings. The zero-order valence-corrected chi connectivity index (χ0v) is 11.7. The van der Waals surface area contributed by atoms with Gasteiger partial charge in [-0.2, -0.15) is 12.6 Å². The Morgan fingerprint density at radius 2 is 2.25 bits per heavy atom. The number of hydrogen-bond acceptors (Lipinski definition) is 3. The molecule has 88 valence electrons. The van der Waals surface area contributed by atoms with Crippen molar-refractivity contribution in [2.24, 2.45) is 0 Å². The topological polar surface area (TPSA) is 29.5 Å². The van der Waals surface area contributed by atoms with Crippen LogP contribution in [0.4, 0.5) is 5.69 Å². The third-order valence-corrected chi connectivity index (χ3v) is 3.07. The van der Waals surface area contributed by atoms with E-state index in [2.05, 4.69) is 28.6 Å². The van der Waals surface area contributed by atoms with E-state index >= 15 is 0 Å². The van der Waals surface area contributed by atoms with Gasteiger partial charge in [0, 0.05) is 19.2 Å². The number of halogens is 1. The summed E-state index contributed by atoms with van der Waals surface area (Å²) in [4.78, 5) is 13.3. The average molecular weight is 304 g/mol. The number of amides is 1. The van der Waals surface area contributed by atoms with Crippen LogP contribution >= 0.6 is 28.6 Å². The molecule has 0 aliphatic carbocycles. The van der Waals surface area contributed by atoms with Gasteiger partial charge in [0.1, 0.15) is 5.75 Å². The van der Waals surface area contributed by atoms with E-state index in [1.165, 1.54) is 0 Å². The van der Waals surface area contributed by atoms with Crippen molar-refractivity contribution in [2.75, 3.05) is 24.8 Å². The lowest BCUT2D eigenvalue weighted by molar-refractivity contribution is -0.117. The molecule has 0 radical (unpaired) electrons. The minimum atomic E-state index is 0.0482. The van der Waals surface area contributed by atoms with Gasteiger partial charge in [-0.15, -0.1) is 0 Å². The van der Waals surface area contributed by atoms with Crippen LogP contribution in [0.5, 0.6) is 5.75 Å². The van der Waals surface area contributed by atoms with Gasteiger partial charge in [-0.3, -0.25) is 4.79 Å². The fourth-order valence-corrected chi connectivity index (χ4v) is 1.99. The number of carbonyl (C=O) groups is 1. The molecule has 0 N–H and O–H groups in total. The van der Waals surface area contributed by atoms with Crippen LogP contribution in [0.15, 0.2) is 22.7 Å². The molecule has 0 atom stereocenters. The van der Waals surface area contributed by atoms with Crippen LogP contribution in [0, 0.1) is 0 Å². The van der Waals surface area contributed by atoms with Crippen LogP contribution in [0.2, 0.25) is 0 Å². The molecule has 0 spiro atoms. The number of thiol groups is 1. The predicted octanol–water partition coefficient (Wildman–Crippen LogP) is 2.74. The Hall–Kier alpha value is -0.680. The molecule has 0 bridgehead atoms. The number of hydrogen-bond donors (Lipinski definition) is 1. The number of nitrogens with zero attached hydrogens (tertiary/aromatic N) is 1. The Balaban J connectivity index is 2.88. The summed E-state index contributed by atoms with van der Waals surface area (Å²) < 4.78 is 5.96. The van der Waals surface area contributed by atoms with Gasteiger partial charge in [0.2, 0.25) is 5.91 Å². The molecule has 1 aromatic rings. The van der Waals surface area contributed by atoms with Crippen LogP contribution in [-0.4, -0.2) is 25.8 Å². The van der Waals surface area contributed by atoms with E-state index in [1.54, 1.807) is 19.1 Å². The number of ether oxygens (including phenoxy) is 1. The molecule has 0 saturated carbocycles. The predicted molar refractivity (Wildman–Crippen MR) is 72.6 cm³/mol. The lowest BCUT2D eigenvalue weighted by atomic mass is 10.2. The van der Waals surface area contributed by atoms with Crippen LogP contribution in [0.25, 0.3) is 0 Å². The summed E-state index contributed by atoms with van der Waals surface area (Å²) >= 11 is 7.43.